The van der Waals surface area contributed by atoms with E-state index in [0.29, 0.717) is 39.6 Å². The lowest BCUT2D eigenvalue weighted by molar-refractivity contribution is -0.141. The fourth-order valence-corrected chi connectivity index (χ4v) is 21.8. The maximum atomic E-state index is 12.9. The summed E-state index contributed by atoms with van der Waals surface area (Å²) in [6.07, 6.45) is 75.8. The van der Waals surface area contributed by atoms with Gasteiger partial charge in [-0.2, -0.15) is 0 Å². The highest BCUT2D eigenvalue weighted by atomic mass is 33.1. The van der Waals surface area contributed by atoms with Crippen LogP contribution < -0.4 is 0 Å². The number of carbonyl (C=O) groups excluding carboxylic acids is 4. The summed E-state index contributed by atoms with van der Waals surface area (Å²) < 4.78 is 35.4. The van der Waals surface area contributed by atoms with Crippen LogP contribution in [0.3, 0.4) is 0 Å². The first-order valence-electron chi connectivity index (χ1n) is 40.4. The van der Waals surface area contributed by atoms with Crippen molar-refractivity contribution in [2.24, 2.45) is 0 Å². The van der Waals surface area contributed by atoms with Gasteiger partial charge in [-0.1, -0.05) is 420 Å². The van der Waals surface area contributed by atoms with Crippen molar-refractivity contribution < 1.29 is 47.2 Å². The molecule has 0 saturated carbocycles. The van der Waals surface area contributed by atoms with Crippen molar-refractivity contribution >= 4 is 82.5 Å². The average Bonchev–Trinajstić information content (AvgIpc) is 3.64. The molecule has 0 unspecified atom stereocenters. The molecule has 0 rings (SSSR count). The number of ether oxygens (including phenoxy) is 4. The second-order valence-electron chi connectivity index (χ2n) is 26.9. The van der Waals surface area contributed by atoms with Gasteiger partial charge in [0, 0.05) is 0 Å². The maximum Gasteiger partial charge on any atom is 0.316 e. The van der Waals surface area contributed by atoms with Crippen molar-refractivity contribution in [2.45, 2.75) is 413 Å². The molecule has 0 aromatic carbocycles. The first-order chi connectivity index (χ1) is 46.4. The zero-order valence-corrected chi connectivity index (χ0v) is 67.2. The van der Waals surface area contributed by atoms with Gasteiger partial charge < -0.3 is 28.0 Å². The summed E-state index contributed by atoms with van der Waals surface area (Å²) in [5, 5.41) is 0. The monoisotopic (exact) mass is 1440 g/mol. The molecule has 0 aliphatic rings. The lowest BCUT2D eigenvalue weighted by atomic mass is 10.0. The van der Waals surface area contributed by atoms with E-state index in [1.807, 2.05) is 0 Å². The van der Waals surface area contributed by atoms with Gasteiger partial charge in [-0.3, -0.25) is 19.2 Å². The minimum Gasteiger partial charge on any atom is -0.465 e. The van der Waals surface area contributed by atoms with Crippen LogP contribution in [0.1, 0.15) is 413 Å². The van der Waals surface area contributed by atoms with Gasteiger partial charge in [0.15, 0.2) is 13.1 Å². The summed E-state index contributed by atoms with van der Waals surface area (Å²) in [5.74, 6) is -0.0621. The first-order valence-corrected chi connectivity index (χ1v) is 49.2. The Hall–Kier alpha value is 0.0600. The minimum atomic E-state index is -1.16. The fraction of sp³-hybridized carbons (Fsp3) is 0.949. The molecule has 10 nitrogen and oxygen atoms in total. The Labute approximate surface area is 601 Å². The van der Waals surface area contributed by atoms with Crippen LogP contribution in [0.15, 0.2) is 0 Å². The SMILES string of the molecule is CCCCCCCCCCCCCCCCOC(=O)CSP(OCCCCCCOP(SCC(=O)OCCCCCCCCCCCCCCCC)SCC(=O)OCCCCCCCCCCCCCCCC)SCC(=O)OCCCCCCCCCCCCCCCC. The Morgan fingerprint density at radius 1 is 0.191 bits per heavy atom. The molecule has 16 heteroatoms. The molecular weight excluding hydrogens is 1290 g/mol. The summed E-state index contributed by atoms with van der Waals surface area (Å²) >= 11 is 5.83. The summed E-state index contributed by atoms with van der Waals surface area (Å²) in [6.45, 7) is 9.69. The van der Waals surface area contributed by atoms with Crippen LogP contribution in [-0.2, 0) is 47.2 Å². The quantitative estimate of drug-likeness (QED) is 0.0248. The molecule has 0 aromatic heterocycles. The lowest BCUT2D eigenvalue weighted by Crippen LogP contribution is -2.09. The number of unbranched alkanes of at least 4 members (excludes halogenated alkanes) is 55. The Balaban J connectivity index is 4.95. The largest absolute Gasteiger partial charge is 0.465 e. The van der Waals surface area contributed by atoms with E-state index in [4.69, 9.17) is 28.0 Å². The minimum absolute atomic E-state index is 0.205. The van der Waals surface area contributed by atoms with Gasteiger partial charge >= 0.3 is 23.9 Å². The zero-order valence-electron chi connectivity index (χ0n) is 62.1. The molecule has 0 N–H and O–H groups in total. The third-order valence-electron chi connectivity index (χ3n) is 17.6. The summed E-state index contributed by atoms with van der Waals surface area (Å²) in [5.41, 5.74) is 0. The van der Waals surface area contributed by atoms with Crippen LogP contribution in [0.5, 0.6) is 0 Å². The molecule has 0 atom stereocenters. The number of esters is 4. The van der Waals surface area contributed by atoms with Gasteiger partial charge in [-0.05, 0) is 38.5 Å². The predicted molar refractivity (Wildman–Crippen MR) is 419 cm³/mol. The van der Waals surface area contributed by atoms with E-state index in [2.05, 4.69) is 27.7 Å². The third kappa shape index (κ3) is 77.8. The topological polar surface area (TPSA) is 124 Å². The van der Waals surface area contributed by atoms with E-state index in [-0.39, 0.29) is 46.9 Å². The van der Waals surface area contributed by atoms with Crippen LogP contribution in [0, 0.1) is 0 Å². The number of carbonyl (C=O) groups is 4. The summed E-state index contributed by atoms with van der Waals surface area (Å²) in [7, 11) is 0. The zero-order chi connectivity index (χ0) is 68.0. The van der Waals surface area contributed by atoms with Crippen molar-refractivity contribution in [3.8, 4) is 0 Å². The molecule has 0 bridgehead atoms. The number of hydrogen-bond donors (Lipinski definition) is 0. The van der Waals surface area contributed by atoms with E-state index in [0.717, 1.165) is 77.0 Å². The van der Waals surface area contributed by atoms with Gasteiger partial charge in [0.2, 0.25) is 0 Å². The molecule has 0 fully saturated rings. The molecule has 0 spiro atoms. The lowest BCUT2D eigenvalue weighted by Gasteiger charge is -2.16. The molecule has 0 aromatic rings. The highest BCUT2D eigenvalue weighted by molar-refractivity contribution is 8.87. The Morgan fingerprint density at radius 2 is 0.319 bits per heavy atom. The van der Waals surface area contributed by atoms with Crippen LogP contribution in [0.25, 0.3) is 0 Å². The number of rotatable bonds is 81. The Kier molecular flexibility index (Phi) is 82.1. The van der Waals surface area contributed by atoms with E-state index in [1.54, 1.807) is 0 Å². The molecule has 0 aliphatic carbocycles. The molecule has 94 heavy (non-hydrogen) atoms. The van der Waals surface area contributed by atoms with Crippen LogP contribution in [-0.4, -0.2) is 86.5 Å². The van der Waals surface area contributed by atoms with Crippen LogP contribution in [0.4, 0.5) is 0 Å². The molecule has 0 aliphatic heterocycles. The molecule has 558 valence electrons. The highest BCUT2D eigenvalue weighted by Gasteiger charge is 2.20. The van der Waals surface area contributed by atoms with Gasteiger partial charge in [-0.15, -0.1) is 0 Å². The van der Waals surface area contributed by atoms with E-state index in [9.17, 15) is 19.2 Å². The molecular formula is C78H152O10P2S4. The third-order valence-corrected chi connectivity index (χ3v) is 29.9. The Morgan fingerprint density at radius 3 is 0.468 bits per heavy atom. The van der Waals surface area contributed by atoms with E-state index >= 15 is 0 Å². The van der Waals surface area contributed by atoms with Gasteiger partial charge in [-0.25, -0.2) is 0 Å². The van der Waals surface area contributed by atoms with Crippen molar-refractivity contribution in [3.63, 3.8) is 0 Å². The van der Waals surface area contributed by atoms with Gasteiger partial charge in [0.05, 0.1) is 62.7 Å². The second-order valence-corrected chi connectivity index (χ2v) is 39.0. The van der Waals surface area contributed by atoms with Gasteiger partial charge in [0.1, 0.15) is 0 Å². The summed E-state index contributed by atoms with van der Waals surface area (Å²) in [4.78, 5) is 51.6. The number of hydrogen-bond acceptors (Lipinski definition) is 14. The van der Waals surface area contributed by atoms with Crippen molar-refractivity contribution in [1.29, 1.82) is 0 Å². The van der Waals surface area contributed by atoms with Crippen molar-refractivity contribution in [1.82, 2.24) is 0 Å². The fourth-order valence-electron chi connectivity index (χ4n) is 11.6. The molecule has 0 radical (unpaired) electrons. The standard InChI is InChI=1S/C78H152O10P2S4/c1-5-9-13-17-21-25-29-33-37-41-45-49-53-59-65-83-75(79)71-91-89(92-72-76(80)84-66-60-54-50-46-42-38-34-30-26-22-18-14-10-6-2)87-69-63-57-58-64-70-88-90(93-73-77(81)85-67-61-55-51-47-43-39-35-31-27-23-19-15-11-7-3)94-74-78(82)86-68-62-56-52-48-44-40-36-32-28-24-20-16-12-8-4/h5-74H2,1-4H3. The van der Waals surface area contributed by atoms with Crippen molar-refractivity contribution in [3.05, 3.63) is 0 Å². The van der Waals surface area contributed by atoms with Gasteiger partial charge in [0.25, 0.3) is 0 Å². The molecule has 0 amide bonds. The predicted octanol–water partition coefficient (Wildman–Crippen LogP) is 28.1. The van der Waals surface area contributed by atoms with Crippen LogP contribution in [0.2, 0.25) is 0 Å². The van der Waals surface area contributed by atoms with E-state index in [1.165, 1.54) is 354 Å². The smallest absolute Gasteiger partial charge is 0.316 e. The summed E-state index contributed by atoms with van der Waals surface area (Å²) in [6, 6.07) is 0. The normalized spacial score (nSPS) is 11.6. The maximum absolute atomic E-state index is 12.9. The van der Waals surface area contributed by atoms with E-state index < -0.39 is 13.1 Å². The highest BCUT2D eigenvalue weighted by Crippen LogP contribution is 2.62. The Bertz CT molecular complexity index is 1350. The van der Waals surface area contributed by atoms with Crippen LogP contribution >= 0.6 is 58.6 Å². The first kappa shape index (κ1) is 94.1. The average molecular weight is 1440 g/mol. The molecule has 0 heterocycles. The van der Waals surface area contributed by atoms with Crippen molar-refractivity contribution in [2.75, 3.05) is 62.7 Å². The molecule has 0 saturated heterocycles. The second kappa shape index (κ2) is 82.0.